The van der Waals surface area contributed by atoms with Gasteiger partial charge in [0, 0.05) is 18.8 Å². The van der Waals surface area contributed by atoms with Gasteiger partial charge in [-0.15, -0.1) is 11.8 Å². The number of hydrogen-bond acceptors (Lipinski definition) is 4. The molecule has 116 valence electrons. The summed E-state index contributed by atoms with van der Waals surface area (Å²) in [5.74, 6) is -0.647. The summed E-state index contributed by atoms with van der Waals surface area (Å²) in [6, 6.07) is 5.48. The molecule has 5 nitrogen and oxygen atoms in total. The van der Waals surface area contributed by atoms with Crippen molar-refractivity contribution in [3.05, 3.63) is 30.1 Å². The molecule has 0 spiro atoms. The van der Waals surface area contributed by atoms with Crippen molar-refractivity contribution >= 4 is 29.3 Å². The van der Waals surface area contributed by atoms with E-state index in [0.717, 1.165) is 0 Å². The van der Waals surface area contributed by atoms with Crippen LogP contribution in [0.5, 0.6) is 0 Å². The van der Waals surface area contributed by atoms with Gasteiger partial charge in [-0.25, -0.2) is 4.39 Å². The van der Waals surface area contributed by atoms with Gasteiger partial charge in [0.25, 0.3) is 0 Å². The number of carbonyl (C=O) groups excluding carboxylic acids is 2. The number of rotatable bonds is 8. The van der Waals surface area contributed by atoms with Gasteiger partial charge in [0.05, 0.1) is 11.0 Å². The molecule has 1 aromatic rings. The smallest absolute Gasteiger partial charge is 0.234 e. The Morgan fingerprint density at radius 2 is 2.00 bits per heavy atom. The van der Waals surface area contributed by atoms with E-state index in [9.17, 15) is 14.0 Å². The van der Waals surface area contributed by atoms with Gasteiger partial charge in [-0.2, -0.15) is 0 Å². The lowest BCUT2D eigenvalue weighted by atomic mass is 10.3. The number of benzene rings is 1. The van der Waals surface area contributed by atoms with E-state index in [2.05, 4.69) is 10.6 Å². The largest absolute Gasteiger partial charge is 0.396 e. The molecule has 0 bridgehead atoms. The molecule has 0 aliphatic heterocycles. The Bertz CT molecular complexity index is 468. The third kappa shape index (κ3) is 7.10. The number of amides is 2. The summed E-state index contributed by atoms with van der Waals surface area (Å²) in [6.45, 7) is 2.16. The lowest BCUT2D eigenvalue weighted by Crippen LogP contribution is -2.32. The van der Waals surface area contributed by atoms with Crippen LogP contribution in [0.15, 0.2) is 24.3 Å². The van der Waals surface area contributed by atoms with Crippen LogP contribution in [-0.4, -0.2) is 41.1 Å². The van der Waals surface area contributed by atoms with Gasteiger partial charge in [-0.3, -0.25) is 9.59 Å². The second kappa shape index (κ2) is 9.36. The summed E-state index contributed by atoms with van der Waals surface area (Å²) >= 11 is 1.21. The number of hydrogen-bond donors (Lipinski definition) is 3. The van der Waals surface area contributed by atoms with E-state index in [1.54, 1.807) is 6.92 Å². The highest BCUT2D eigenvalue weighted by atomic mass is 32.2. The predicted molar refractivity (Wildman–Crippen MR) is 81.7 cm³/mol. The van der Waals surface area contributed by atoms with E-state index in [1.807, 2.05) is 0 Å². The van der Waals surface area contributed by atoms with Crippen molar-refractivity contribution < 1.29 is 19.1 Å². The van der Waals surface area contributed by atoms with Gasteiger partial charge in [0.15, 0.2) is 0 Å². The molecule has 0 aliphatic carbocycles. The summed E-state index contributed by atoms with van der Waals surface area (Å²) in [5, 5.41) is 13.6. The molecule has 0 radical (unpaired) electrons. The van der Waals surface area contributed by atoms with Gasteiger partial charge in [0.1, 0.15) is 5.82 Å². The fourth-order valence-electron chi connectivity index (χ4n) is 1.44. The van der Waals surface area contributed by atoms with Gasteiger partial charge in [-0.1, -0.05) is 0 Å². The van der Waals surface area contributed by atoms with E-state index in [1.165, 1.54) is 36.0 Å². The third-order valence-corrected chi connectivity index (χ3v) is 3.74. The fraction of sp³-hybridized carbons (Fsp3) is 0.429. The predicted octanol–water partition coefficient (Wildman–Crippen LogP) is 1.38. The van der Waals surface area contributed by atoms with E-state index >= 15 is 0 Å². The van der Waals surface area contributed by atoms with E-state index in [-0.39, 0.29) is 35.2 Å². The molecular weight excluding hydrogens is 295 g/mol. The lowest BCUT2D eigenvalue weighted by molar-refractivity contribution is -0.120. The number of nitrogens with one attached hydrogen (secondary N) is 2. The van der Waals surface area contributed by atoms with Crippen LogP contribution in [0, 0.1) is 5.82 Å². The maximum atomic E-state index is 12.7. The SMILES string of the molecule is CC(SCC(=O)Nc1ccc(F)cc1)C(=O)NCCCO. The van der Waals surface area contributed by atoms with Crippen LogP contribution in [0.3, 0.4) is 0 Å². The van der Waals surface area contributed by atoms with Crippen molar-refractivity contribution in [1.82, 2.24) is 5.32 Å². The first-order chi connectivity index (χ1) is 10.0. The molecule has 0 saturated heterocycles. The molecule has 0 heterocycles. The highest BCUT2D eigenvalue weighted by Crippen LogP contribution is 2.13. The quantitative estimate of drug-likeness (QED) is 0.634. The molecule has 0 fully saturated rings. The zero-order valence-corrected chi connectivity index (χ0v) is 12.6. The summed E-state index contributed by atoms with van der Waals surface area (Å²) < 4.78 is 12.7. The molecule has 21 heavy (non-hydrogen) atoms. The Kier molecular flexibility index (Phi) is 7.78. The first kappa shape index (κ1) is 17.5. The molecule has 0 aliphatic rings. The lowest BCUT2D eigenvalue weighted by Gasteiger charge is -2.11. The molecule has 2 amide bonds. The normalized spacial score (nSPS) is 11.8. The molecule has 7 heteroatoms. The second-order valence-corrected chi connectivity index (χ2v) is 5.71. The van der Waals surface area contributed by atoms with Crippen molar-refractivity contribution in [3.8, 4) is 0 Å². The number of thioether (sulfide) groups is 1. The van der Waals surface area contributed by atoms with Crippen LogP contribution in [0.25, 0.3) is 0 Å². The van der Waals surface area contributed by atoms with Crippen molar-refractivity contribution in [1.29, 1.82) is 0 Å². The Balaban J connectivity index is 2.28. The third-order valence-electron chi connectivity index (χ3n) is 2.60. The molecule has 1 aromatic carbocycles. The zero-order chi connectivity index (χ0) is 15.7. The van der Waals surface area contributed by atoms with Crippen LogP contribution in [0.1, 0.15) is 13.3 Å². The van der Waals surface area contributed by atoms with Crippen molar-refractivity contribution in [2.45, 2.75) is 18.6 Å². The van der Waals surface area contributed by atoms with E-state index in [0.29, 0.717) is 18.7 Å². The Labute approximate surface area is 127 Å². The summed E-state index contributed by atoms with van der Waals surface area (Å²) in [4.78, 5) is 23.3. The Morgan fingerprint density at radius 1 is 1.33 bits per heavy atom. The molecule has 0 saturated carbocycles. The number of carbonyl (C=O) groups is 2. The van der Waals surface area contributed by atoms with Crippen molar-refractivity contribution in [2.24, 2.45) is 0 Å². The summed E-state index contributed by atoms with van der Waals surface area (Å²) in [5.41, 5.74) is 0.516. The topological polar surface area (TPSA) is 78.4 Å². The summed E-state index contributed by atoms with van der Waals surface area (Å²) in [7, 11) is 0. The first-order valence-corrected chi connectivity index (χ1v) is 7.63. The maximum absolute atomic E-state index is 12.7. The van der Waals surface area contributed by atoms with E-state index < -0.39 is 0 Å². The van der Waals surface area contributed by atoms with Crippen molar-refractivity contribution in [3.63, 3.8) is 0 Å². The maximum Gasteiger partial charge on any atom is 0.234 e. The molecule has 3 N–H and O–H groups in total. The highest BCUT2D eigenvalue weighted by molar-refractivity contribution is 8.01. The number of anilines is 1. The zero-order valence-electron chi connectivity index (χ0n) is 11.8. The van der Waals surface area contributed by atoms with Crippen LogP contribution >= 0.6 is 11.8 Å². The Morgan fingerprint density at radius 3 is 2.62 bits per heavy atom. The average molecular weight is 314 g/mol. The number of aliphatic hydroxyl groups is 1. The second-order valence-electron chi connectivity index (χ2n) is 4.38. The molecule has 1 rings (SSSR count). The standard InChI is InChI=1S/C14H19FN2O3S/c1-10(14(20)16-7-2-8-18)21-9-13(19)17-12-5-3-11(15)4-6-12/h3-6,10,18H,2,7-9H2,1H3,(H,16,20)(H,17,19). The highest BCUT2D eigenvalue weighted by Gasteiger charge is 2.14. The summed E-state index contributed by atoms with van der Waals surface area (Å²) in [6.07, 6.45) is 0.508. The number of halogens is 1. The fourth-order valence-corrected chi connectivity index (χ4v) is 2.15. The van der Waals surface area contributed by atoms with E-state index in [4.69, 9.17) is 5.11 Å². The van der Waals surface area contributed by atoms with Crippen LogP contribution in [-0.2, 0) is 9.59 Å². The Hall–Kier alpha value is -1.60. The monoisotopic (exact) mass is 314 g/mol. The first-order valence-electron chi connectivity index (χ1n) is 6.58. The minimum Gasteiger partial charge on any atom is -0.396 e. The van der Waals surface area contributed by atoms with Gasteiger partial charge < -0.3 is 15.7 Å². The van der Waals surface area contributed by atoms with Crippen molar-refractivity contribution in [2.75, 3.05) is 24.2 Å². The average Bonchev–Trinajstić information content (AvgIpc) is 2.47. The van der Waals surface area contributed by atoms with Crippen LogP contribution in [0.2, 0.25) is 0 Å². The van der Waals surface area contributed by atoms with Gasteiger partial charge in [0.2, 0.25) is 11.8 Å². The van der Waals surface area contributed by atoms with Crippen LogP contribution in [0.4, 0.5) is 10.1 Å². The van der Waals surface area contributed by atoms with Gasteiger partial charge in [-0.05, 0) is 37.6 Å². The minimum absolute atomic E-state index is 0.0296. The molecule has 0 aromatic heterocycles. The molecular formula is C14H19FN2O3S. The van der Waals surface area contributed by atoms with Gasteiger partial charge >= 0.3 is 0 Å². The van der Waals surface area contributed by atoms with Crippen LogP contribution < -0.4 is 10.6 Å². The molecule has 1 atom stereocenters. The number of aliphatic hydroxyl groups excluding tert-OH is 1. The minimum atomic E-state index is -0.365. The molecule has 1 unspecified atom stereocenters.